The van der Waals surface area contributed by atoms with Gasteiger partial charge in [-0.25, -0.2) is 9.97 Å². The van der Waals surface area contributed by atoms with Crippen LogP contribution >= 0.6 is 11.3 Å². The van der Waals surface area contributed by atoms with Crippen molar-refractivity contribution < 1.29 is 0 Å². The van der Waals surface area contributed by atoms with Crippen molar-refractivity contribution in [3.05, 3.63) is 176 Å². The summed E-state index contributed by atoms with van der Waals surface area (Å²) in [7, 11) is 0. The van der Waals surface area contributed by atoms with Crippen molar-refractivity contribution in [2.24, 2.45) is 0 Å². The highest BCUT2D eigenvalue weighted by molar-refractivity contribution is 7.26. The fraction of sp³-hybridized carbons (Fsp3) is 0. The van der Waals surface area contributed by atoms with Crippen LogP contribution in [0.5, 0.6) is 0 Å². The van der Waals surface area contributed by atoms with Crippen LogP contribution in [0.2, 0.25) is 0 Å². The molecule has 0 radical (unpaired) electrons. The van der Waals surface area contributed by atoms with Crippen molar-refractivity contribution in [2.45, 2.75) is 0 Å². The topological polar surface area (TPSA) is 30.7 Å². The first-order chi connectivity index (χ1) is 25.8. The summed E-state index contributed by atoms with van der Waals surface area (Å²) in [5.41, 5.74) is 8.40. The molecule has 11 rings (SSSR count). The van der Waals surface area contributed by atoms with E-state index >= 15 is 0 Å². The molecule has 3 nitrogen and oxygen atoms in total. The van der Waals surface area contributed by atoms with E-state index in [1.165, 1.54) is 58.1 Å². The van der Waals surface area contributed by atoms with Gasteiger partial charge in [-0.2, -0.15) is 0 Å². The Morgan fingerprint density at radius 3 is 1.73 bits per heavy atom. The van der Waals surface area contributed by atoms with E-state index in [4.69, 9.17) is 9.97 Å². The Morgan fingerprint density at radius 2 is 0.981 bits per heavy atom. The van der Waals surface area contributed by atoms with Crippen LogP contribution in [0, 0.1) is 0 Å². The van der Waals surface area contributed by atoms with Gasteiger partial charge >= 0.3 is 0 Å². The molecule has 242 valence electrons. The van der Waals surface area contributed by atoms with Gasteiger partial charge in [-0.1, -0.05) is 152 Å². The number of fused-ring (bicyclic) bond motifs is 10. The quantitative estimate of drug-likeness (QED) is 0.185. The summed E-state index contributed by atoms with van der Waals surface area (Å²) in [5, 5.41) is 9.87. The van der Waals surface area contributed by atoms with Crippen LogP contribution in [0.15, 0.2) is 176 Å². The van der Waals surface area contributed by atoms with E-state index < -0.39 is 0 Å². The molecule has 0 amide bonds. The first-order valence-corrected chi connectivity index (χ1v) is 18.4. The lowest BCUT2D eigenvalue weighted by molar-refractivity contribution is 0.998. The lowest BCUT2D eigenvalue weighted by Gasteiger charge is -2.14. The molecule has 0 aliphatic rings. The third kappa shape index (κ3) is 4.45. The first kappa shape index (κ1) is 29.1. The number of nitrogens with zero attached hydrogens (tertiary/aromatic N) is 3. The zero-order chi connectivity index (χ0) is 34.2. The second kappa shape index (κ2) is 11.5. The minimum Gasteiger partial charge on any atom is -0.277 e. The number of benzene rings is 8. The summed E-state index contributed by atoms with van der Waals surface area (Å²) in [6.45, 7) is 0. The average molecular weight is 680 g/mol. The summed E-state index contributed by atoms with van der Waals surface area (Å²) in [6, 6.07) is 63.0. The summed E-state index contributed by atoms with van der Waals surface area (Å²) in [4.78, 5) is 10.8. The normalized spacial score (nSPS) is 11.8. The van der Waals surface area contributed by atoms with Crippen molar-refractivity contribution in [3.63, 3.8) is 0 Å². The van der Waals surface area contributed by atoms with Crippen LogP contribution < -0.4 is 0 Å². The van der Waals surface area contributed by atoms with Gasteiger partial charge in [0.15, 0.2) is 0 Å². The van der Waals surface area contributed by atoms with Gasteiger partial charge in [0.2, 0.25) is 5.95 Å². The van der Waals surface area contributed by atoms with E-state index in [1.54, 1.807) is 0 Å². The number of thiophene rings is 1. The molecule has 0 bridgehead atoms. The van der Waals surface area contributed by atoms with Gasteiger partial charge < -0.3 is 0 Å². The second-order valence-electron chi connectivity index (χ2n) is 13.4. The predicted octanol–water partition coefficient (Wildman–Crippen LogP) is 13.2. The highest BCUT2D eigenvalue weighted by atomic mass is 32.1. The van der Waals surface area contributed by atoms with E-state index in [-0.39, 0.29) is 0 Å². The van der Waals surface area contributed by atoms with Crippen molar-refractivity contribution in [1.29, 1.82) is 0 Å². The van der Waals surface area contributed by atoms with E-state index in [1.807, 2.05) is 23.5 Å². The van der Waals surface area contributed by atoms with Crippen LogP contribution in [-0.4, -0.2) is 14.5 Å². The molecule has 52 heavy (non-hydrogen) atoms. The molecule has 8 aromatic carbocycles. The zero-order valence-corrected chi connectivity index (χ0v) is 28.8. The molecule has 0 aliphatic heterocycles. The molecule has 0 unspecified atom stereocenters. The summed E-state index contributed by atoms with van der Waals surface area (Å²) >= 11 is 1.86. The van der Waals surface area contributed by atoms with Gasteiger partial charge in [-0.3, -0.25) is 4.57 Å². The standard InChI is InChI=1S/C48H29N3S/c1-3-14-32(15-4-1)41-29-42(33-16-5-2-6-17-33)50-48(49-41)51-46-36-19-10-8-13-31(36)22-25-39(46)38-21-11-20-37(47(38)51)34-24-26-43-40(28-34)45-35-18-9-7-12-30(35)23-27-44(45)52-43/h1-29H. The van der Waals surface area contributed by atoms with E-state index in [9.17, 15) is 0 Å². The lowest BCUT2D eigenvalue weighted by atomic mass is 9.98. The number of para-hydroxylation sites is 1. The largest absolute Gasteiger partial charge is 0.277 e. The van der Waals surface area contributed by atoms with Gasteiger partial charge in [-0.05, 0) is 46.0 Å². The SMILES string of the molecule is c1ccc(-c2cc(-c3ccccc3)nc(-n3c4c(-c5ccc6sc7ccc8ccccc8c7c6c5)cccc4c4ccc5ccccc5c43)n2)cc1. The third-order valence-corrected chi connectivity index (χ3v) is 11.5. The van der Waals surface area contributed by atoms with Crippen molar-refractivity contribution in [2.75, 3.05) is 0 Å². The molecule has 3 aromatic heterocycles. The van der Waals surface area contributed by atoms with Crippen LogP contribution in [0.1, 0.15) is 0 Å². The van der Waals surface area contributed by atoms with Gasteiger partial charge in [0.05, 0.1) is 22.4 Å². The fourth-order valence-electron chi connectivity index (χ4n) is 8.02. The molecule has 0 spiro atoms. The molecule has 4 heteroatoms. The summed E-state index contributed by atoms with van der Waals surface area (Å²) in [5.74, 6) is 0.650. The maximum absolute atomic E-state index is 5.38. The predicted molar refractivity (Wildman–Crippen MR) is 221 cm³/mol. The lowest BCUT2D eigenvalue weighted by Crippen LogP contribution is -2.05. The zero-order valence-electron chi connectivity index (χ0n) is 28.0. The Balaban J connectivity index is 1.27. The van der Waals surface area contributed by atoms with Gasteiger partial charge in [0.1, 0.15) is 0 Å². The van der Waals surface area contributed by atoms with Crippen molar-refractivity contribution in [3.8, 4) is 39.6 Å². The number of aromatic nitrogens is 3. The molecule has 0 N–H and O–H groups in total. The van der Waals surface area contributed by atoms with E-state index in [2.05, 4.69) is 168 Å². The molecule has 0 saturated heterocycles. The Kier molecular flexibility index (Phi) is 6.42. The Morgan fingerprint density at radius 1 is 0.385 bits per heavy atom. The number of hydrogen-bond donors (Lipinski definition) is 0. The molecular formula is C48H29N3S. The average Bonchev–Trinajstić information content (AvgIpc) is 3.77. The third-order valence-electron chi connectivity index (χ3n) is 10.4. The monoisotopic (exact) mass is 679 g/mol. The van der Waals surface area contributed by atoms with Crippen LogP contribution in [0.4, 0.5) is 0 Å². The number of rotatable bonds is 4. The minimum absolute atomic E-state index is 0.650. The van der Waals surface area contributed by atoms with E-state index in [0.29, 0.717) is 5.95 Å². The summed E-state index contributed by atoms with van der Waals surface area (Å²) in [6.07, 6.45) is 0. The number of hydrogen-bond acceptors (Lipinski definition) is 3. The Hall–Kier alpha value is -6.62. The van der Waals surface area contributed by atoms with Crippen LogP contribution in [-0.2, 0) is 0 Å². The molecule has 3 heterocycles. The van der Waals surface area contributed by atoms with Crippen LogP contribution in [0.25, 0.3) is 103 Å². The van der Waals surface area contributed by atoms with E-state index in [0.717, 1.165) is 39.1 Å². The van der Waals surface area contributed by atoms with Gasteiger partial charge in [0, 0.05) is 53.0 Å². The van der Waals surface area contributed by atoms with Gasteiger partial charge in [0.25, 0.3) is 0 Å². The highest BCUT2D eigenvalue weighted by Gasteiger charge is 2.22. The molecule has 0 atom stereocenters. The molecule has 11 aromatic rings. The molecule has 0 aliphatic carbocycles. The minimum atomic E-state index is 0.650. The highest BCUT2D eigenvalue weighted by Crippen LogP contribution is 2.44. The molecule has 0 fully saturated rings. The maximum atomic E-state index is 5.38. The smallest absolute Gasteiger partial charge is 0.235 e. The maximum Gasteiger partial charge on any atom is 0.235 e. The Labute approximate surface area is 303 Å². The van der Waals surface area contributed by atoms with Crippen LogP contribution in [0.3, 0.4) is 0 Å². The van der Waals surface area contributed by atoms with Gasteiger partial charge in [-0.15, -0.1) is 11.3 Å². The second-order valence-corrected chi connectivity index (χ2v) is 14.4. The summed E-state index contributed by atoms with van der Waals surface area (Å²) < 4.78 is 4.93. The fourth-order valence-corrected chi connectivity index (χ4v) is 9.12. The first-order valence-electron chi connectivity index (χ1n) is 17.6. The van der Waals surface area contributed by atoms with Crippen molar-refractivity contribution >= 4 is 74.9 Å². The Bertz CT molecular complexity index is 3120. The van der Waals surface area contributed by atoms with Crippen molar-refractivity contribution in [1.82, 2.24) is 14.5 Å². The molecular weight excluding hydrogens is 651 g/mol. The molecule has 0 saturated carbocycles.